The average Bonchev–Trinajstić information content (AvgIpc) is 2.93. The minimum atomic E-state index is -0.621. The minimum absolute atomic E-state index is 0.228. The van der Waals surface area contributed by atoms with Crippen LogP contribution in [0.25, 0.3) is 0 Å². The molecule has 7 heteroatoms. The van der Waals surface area contributed by atoms with Crippen LogP contribution in [0.1, 0.15) is 51.7 Å². The zero-order chi connectivity index (χ0) is 18.6. The summed E-state index contributed by atoms with van der Waals surface area (Å²) >= 11 is 3.00. The molecule has 1 N–H and O–H groups in total. The van der Waals surface area contributed by atoms with Crippen molar-refractivity contribution in [3.8, 4) is 5.75 Å². The van der Waals surface area contributed by atoms with Crippen LogP contribution in [0.4, 0.5) is 5.13 Å². The number of aromatic nitrogens is 2. The molecule has 0 spiro atoms. The highest BCUT2D eigenvalue weighted by molar-refractivity contribution is 8.01. The van der Waals surface area contributed by atoms with E-state index < -0.39 is 6.10 Å². The number of amides is 1. The molecule has 1 aromatic carbocycles. The van der Waals surface area contributed by atoms with Gasteiger partial charge in [0.05, 0.1) is 0 Å². The molecule has 136 valence electrons. The molecule has 0 radical (unpaired) electrons. The van der Waals surface area contributed by atoms with E-state index in [1.807, 2.05) is 13.0 Å². The lowest BCUT2D eigenvalue weighted by molar-refractivity contribution is -0.122. The number of ether oxygens (including phenoxy) is 1. The van der Waals surface area contributed by atoms with Gasteiger partial charge in [-0.2, -0.15) is 0 Å². The molecule has 1 aromatic heterocycles. The number of rotatable bonds is 7. The summed E-state index contributed by atoms with van der Waals surface area (Å²) in [5, 5.41) is 11.8. The first-order chi connectivity index (χ1) is 11.8. The Morgan fingerprint density at radius 3 is 2.56 bits per heavy atom. The van der Waals surface area contributed by atoms with Crippen LogP contribution >= 0.6 is 23.1 Å². The van der Waals surface area contributed by atoms with Crippen LogP contribution < -0.4 is 10.1 Å². The first-order valence-electron chi connectivity index (χ1n) is 8.34. The van der Waals surface area contributed by atoms with Crippen LogP contribution in [0.3, 0.4) is 0 Å². The summed E-state index contributed by atoms with van der Waals surface area (Å²) in [6.45, 7) is 12.2. The van der Waals surface area contributed by atoms with E-state index in [-0.39, 0.29) is 5.91 Å². The summed E-state index contributed by atoms with van der Waals surface area (Å²) in [5.74, 6) is 0.851. The largest absolute Gasteiger partial charge is 0.481 e. The van der Waals surface area contributed by atoms with Gasteiger partial charge in [0.1, 0.15) is 5.75 Å². The molecule has 0 aliphatic carbocycles. The topological polar surface area (TPSA) is 64.1 Å². The molecule has 0 bridgehead atoms. The second-order valence-electron chi connectivity index (χ2n) is 6.49. The second kappa shape index (κ2) is 8.67. The highest BCUT2D eigenvalue weighted by Crippen LogP contribution is 2.30. The number of nitrogens with zero attached hydrogens (tertiary/aromatic N) is 2. The van der Waals surface area contributed by atoms with Crippen molar-refractivity contribution in [2.75, 3.05) is 5.32 Å². The van der Waals surface area contributed by atoms with E-state index >= 15 is 0 Å². The lowest BCUT2D eigenvalue weighted by atomic mass is 10.0. The fourth-order valence-electron chi connectivity index (χ4n) is 2.18. The summed E-state index contributed by atoms with van der Waals surface area (Å²) in [6, 6.07) is 6.09. The van der Waals surface area contributed by atoms with E-state index in [1.54, 1.807) is 18.7 Å². The van der Waals surface area contributed by atoms with Gasteiger partial charge in [-0.15, -0.1) is 10.2 Å². The van der Waals surface area contributed by atoms with Crippen molar-refractivity contribution in [1.29, 1.82) is 0 Å². The molecule has 5 nitrogen and oxygen atoms in total. The molecule has 0 aliphatic rings. The number of benzene rings is 1. The number of hydrogen-bond donors (Lipinski definition) is 1. The Hall–Kier alpha value is -1.60. The lowest BCUT2D eigenvalue weighted by Gasteiger charge is -2.18. The van der Waals surface area contributed by atoms with Gasteiger partial charge in [0.25, 0.3) is 5.91 Å². The molecule has 2 aromatic rings. The number of carbonyl (C=O) groups excluding carboxylic acids is 1. The van der Waals surface area contributed by atoms with Gasteiger partial charge >= 0.3 is 0 Å². The highest BCUT2D eigenvalue weighted by Gasteiger charge is 2.19. The van der Waals surface area contributed by atoms with E-state index in [9.17, 15) is 4.79 Å². The monoisotopic (exact) mass is 379 g/mol. The zero-order valence-electron chi connectivity index (χ0n) is 15.5. The highest BCUT2D eigenvalue weighted by atomic mass is 32.2. The minimum Gasteiger partial charge on any atom is -0.481 e. The Bertz CT molecular complexity index is 729. The molecular weight excluding hydrogens is 354 g/mol. The maximum Gasteiger partial charge on any atom is 0.266 e. The first kappa shape index (κ1) is 19.7. The molecule has 25 heavy (non-hydrogen) atoms. The molecule has 0 saturated carbocycles. The Balaban J connectivity index is 2.03. The number of nitrogens with one attached hydrogen (secondary N) is 1. The number of aryl methyl sites for hydroxylation is 1. The maximum atomic E-state index is 12.4. The van der Waals surface area contributed by atoms with E-state index in [4.69, 9.17) is 4.74 Å². The Kier molecular flexibility index (Phi) is 6.84. The van der Waals surface area contributed by atoms with Gasteiger partial charge in [-0.05, 0) is 37.0 Å². The molecule has 0 aliphatic heterocycles. The SMILES string of the molecule is Cc1ccc(C(C)C)c(OC(C)C(=O)Nc2nnc(SC(C)C)s2)c1. The van der Waals surface area contributed by atoms with Crippen LogP contribution in [-0.4, -0.2) is 27.5 Å². The normalized spacial score (nSPS) is 12.5. The van der Waals surface area contributed by atoms with Crippen molar-refractivity contribution in [2.45, 2.75) is 63.2 Å². The third-order valence-corrected chi connectivity index (χ3v) is 5.36. The lowest BCUT2D eigenvalue weighted by Crippen LogP contribution is -2.30. The van der Waals surface area contributed by atoms with Gasteiger partial charge < -0.3 is 4.74 Å². The van der Waals surface area contributed by atoms with Gasteiger partial charge in [-0.1, -0.05) is 62.9 Å². The summed E-state index contributed by atoms with van der Waals surface area (Å²) in [6.07, 6.45) is -0.621. The predicted octanol–water partition coefficient (Wildman–Crippen LogP) is 4.88. The molecule has 0 fully saturated rings. The third-order valence-electron chi connectivity index (χ3n) is 3.44. The number of carbonyl (C=O) groups is 1. The van der Waals surface area contributed by atoms with Crippen LogP contribution in [-0.2, 0) is 4.79 Å². The molecule has 0 saturated heterocycles. The molecule has 1 heterocycles. The molecule has 2 rings (SSSR count). The van der Waals surface area contributed by atoms with E-state index in [0.29, 0.717) is 16.3 Å². The Morgan fingerprint density at radius 2 is 1.92 bits per heavy atom. The van der Waals surface area contributed by atoms with E-state index in [1.165, 1.54) is 11.3 Å². The summed E-state index contributed by atoms with van der Waals surface area (Å²) < 4.78 is 6.78. The van der Waals surface area contributed by atoms with Crippen LogP contribution in [0, 0.1) is 6.92 Å². The van der Waals surface area contributed by atoms with Crippen molar-refractivity contribution in [1.82, 2.24) is 10.2 Å². The van der Waals surface area contributed by atoms with Gasteiger partial charge in [0, 0.05) is 5.25 Å². The quantitative estimate of drug-likeness (QED) is 0.549. The van der Waals surface area contributed by atoms with Gasteiger partial charge in [0.2, 0.25) is 5.13 Å². The van der Waals surface area contributed by atoms with Gasteiger partial charge in [0.15, 0.2) is 10.4 Å². The average molecular weight is 380 g/mol. The van der Waals surface area contributed by atoms with Crippen molar-refractivity contribution >= 4 is 34.1 Å². The van der Waals surface area contributed by atoms with Crippen molar-refractivity contribution in [2.24, 2.45) is 0 Å². The fraction of sp³-hybridized carbons (Fsp3) is 0.500. The van der Waals surface area contributed by atoms with E-state index in [0.717, 1.165) is 21.2 Å². The maximum absolute atomic E-state index is 12.4. The second-order valence-corrected chi connectivity index (χ2v) is 9.29. The smallest absolute Gasteiger partial charge is 0.266 e. The number of hydrogen-bond acceptors (Lipinski definition) is 6. The predicted molar refractivity (Wildman–Crippen MR) is 105 cm³/mol. The van der Waals surface area contributed by atoms with Gasteiger partial charge in [-0.25, -0.2) is 0 Å². The molecule has 1 atom stereocenters. The summed E-state index contributed by atoms with van der Waals surface area (Å²) in [4.78, 5) is 12.4. The van der Waals surface area contributed by atoms with Crippen molar-refractivity contribution in [3.63, 3.8) is 0 Å². The number of anilines is 1. The molecule has 1 amide bonds. The Morgan fingerprint density at radius 1 is 1.20 bits per heavy atom. The summed E-state index contributed by atoms with van der Waals surface area (Å²) in [7, 11) is 0. The standard InChI is InChI=1S/C18H25N3O2S2/c1-10(2)14-8-7-12(5)9-15(14)23-13(6)16(22)19-17-20-21-18(25-17)24-11(3)4/h7-11,13H,1-6H3,(H,19,20,22). The van der Waals surface area contributed by atoms with E-state index in [2.05, 4.69) is 55.3 Å². The third kappa shape index (κ3) is 5.71. The summed E-state index contributed by atoms with van der Waals surface area (Å²) in [5.41, 5.74) is 2.20. The Labute approximate surface area is 157 Å². The molecule has 1 unspecified atom stereocenters. The molecular formula is C18H25N3O2S2. The van der Waals surface area contributed by atoms with Crippen molar-refractivity contribution in [3.05, 3.63) is 29.3 Å². The van der Waals surface area contributed by atoms with Crippen LogP contribution in [0.2, 0.25) is 0 Å². The van der Waals surface area contributed by atoms with Gasteiger partial charge in [-0.3, -0.25) is 10.1 Å². The zero-order valence-corrected chi connectivity index (χ0v) is 17.1. The number of thioether (sulfide) groups is 1. The fourth-order valence-corrected chi connectivity index (χ4v) is 4.16. The van der Waals surface area contributed by atoms with Crippen LogP contribution in [0.5, 0.6) is 5.75 Å². The van der Waals surface area contributed by atoms with Crippen molar-refractivity contribution < 1.29 is 9.53 Å². The first-order valence-corrected chi connectivity index (χ1v) is 10.0. The van der Waals surface area contributed by atoms with Crippen LogP contribution in [0.15, 0.2) is 22.5 Å².